The lowest BCUT2D eigenvalue weighted by Crippen LogP contribution is -2.41. The van der Waals surface area contributed by atoms with Crippen LogP contribution < -0.4 is 5.32 Å². The number of thioether (sulfide) groups is 1. The molecule has 0 saturated carbocycles. The summed E-state index contributed by atoms with van der Waals surface area (Å²) in [6, 6.07) is 6.28. The molecule has 0 aliphatic rings. The van der Waals surface area contributed by atoms with Gasteiger partial charge in [-0.05, 0) is 30.1 Å². The average molecular weight is 319 g/mol. The third kappa shape index (κ3) is 4.17. The molecule has 0 aliphatic carbocycles. The van der Waals surface area contributed by atoms with Gasteiger partial charge in [0.05, 0.1) is 17.2 Å². The van der Waals surface area contributed by atoms with Crippen LogP contribution in [0.15, 0.2) is 30.5 Å². The Balaban J connectivity index is 2.09. The second-order valence-electron chi connectivity index (χ2n) is 4.59. The number of aromatic nitrogens is 2. The molecular weight excluding hydrogens is 302 g/mol. The fourth-order valence-electron chi connectivity index (χ4n) is 1.90. The maximum absolute atomic E-state index is 12.2. The van der Waals surface area contributed by atoms with Gasteiger partial charge in [-0.25, -0.2) is 9.78 Å². The van der Waals surface area contributed by atoms with Gasteiger partial charge < -0.3 is 10.4 Å². The SMILES string of the molecule is CCSCC[C@@H](NC(=O)c1cnc2ccccc2n1)C(=O)O. The Hall–Kier alpha value is -2.15. The topological polar surface area (TPSA) is 92.2 Å². The van der Waals surface area contributed by atoms with Gasteiger partial charge >= 0.3 is 5.97 Å². The van der Waals surface area contributed by atoms with Gasteiger partial charge in [-0.3, -0.25) is 9.78 Å². The number of fused-ring (bicyclic) bond motifs is 1. The largest absolute Gasteiger partial charge is 0.480 e. The molecule has 1 amide bonds. The molecule has 7 heteroatoms. The predicted octanol–water partition coefficient (Wildman–Crippen LogP) is 1.96. The molecule has 2 rings (SSSR count). The van der Waals surface area contributed by atoms with Gasteiger partial charge in [0.15, 0.2) is 0 Å². The van der Waals surface area contributed by atoms with Crippen molar-refractivity contribution in [3.63, 3.8) is 0 Å². The van der Waals surface area contributed by atoms with E-state index in [9.17, 15) is 14.7 Å². The number of carbonyl (C=O) groups is 2. The van der Waals surface area contributed by atoms with E-state index in [0.29, 0.717) is 23.2 Å². The van der Waals surface area contributed by atoms with Crippen LogP contribution in [0, 0.1) is 0 Å². The van der Waals surface area contributed by atoms with Gasteiger partial charge in [0.1, 0.15) is 11.7 Å². The zero-order valence-corrected chi connectivity index (χ0v) is 13.0. The Morgan fingerprint density at radius 2 is 2.05 bits per heavy atom. The molecule has 2 N–H and O–H groups in total. The zero-order chi connectivity index (χ0) is 15.9. The van der Waals surface area contributed by atoms with E-state index in [1.165, 1.54) is 6.20 Å². The summed E-state index contributed by atoms with van der Waals surface area (Å²) in [7, 11) is 0. The lowest BCUT2D eigenvalue weighted by Gasteiger charge is -2.13. The third-order valence-electron chi connectivity index (χ3n) is 3.04. The Kier molecular flexibility index (Phi) is 5.71. The zero-order valence-electron chi connectivity index (χ0n) is 12.2. The first-order chi connectivity index (χ1) is 10.6. The number of carboxylic acids is 1. The highest BCUT2D eigenvalue weighted by Crippen LogP contribution is 2.09. The highest BCUT2D eigenvalue weighted by Gasteiger charge is 2.21. The first-order valence-electron chi connectivity index (χ1n) is 6.95. The molecule has 22 heavy (non-hydrogen) atoms. The van der Waals surface area contributed by atoms with Crippen LogP contribution in [0.2, 0.25) is 0 Å². The Morgan fingerprint density at radius 3 is 2.73 bits per heavy atom. The van der Waals surface area contributed by atoms with Crippen LogP contribution in [0.3, 0.4) is 0 Å². The fourth-order valence-corrected chi connectivity index (χ4v) is 2.59. The van der Waals surface area contributed by atoms with Crippen LogP contribution in [0.4, 0.5) is 0 Å². The molecule has 0 radical (unpaired) electrons. The van der Waals surface area contributed by atoms with Gasteiger partial charge in [-0.2, -0.15) is 11.8 Å². The van der Waals surface area contributed by atoms with Crippen LogP contribution in [0.25, 0.3) is 11.0 Å². The van der Waals surface area contributed by atoms with Gasteiger partial charge in [0, 0.05) is 0 Å². The van der Waals surface area contributed by atoms with Gasteiger partial charge in [0.25, 0.3) is 5.91 Å². The molecule has 2 aromatic rings. The number of nitrogens with zero attached hydrogens (tertiary/aromatic N) is 2. The van der Waals surface area contributed by atoms with E-state index in [4.69, 9.17) is 0 Å². The summed E-state index contributed by atoms with van der Waals surface area (Å²) in [5.74, 6) is 0.0269. The maximum Gasteiger partial charge on any atom is 0.326 e. The van der Waals surface area contributed by atoms with Crippen LogP contribution in [-0.2, 0) is 4.79 Å². The van der Waals surface area contributed by atoms with E-state index in [1.54, 1.807) is 30.0 Å². The number of hydrogen-bond acceptors (Lipinski definition) is 5. The Bertz CT molecular complexity index is 678. The molecule has 0 unspecified atom stereocenters. The van der Waals surface area contributed by atoms with Crippen molar-refractivity contribution >= 4 is 34.7 Å². The number of rotatable bonds is 7. The molecule has 0 fully saturated rings. The highest BCUT2D eigenvalue weighted by atomic mass is 32.2. The number of carbonyl (C=O) groups excluding carboxylic acids is 1. The van der Waals surface area contributed by atoms with Crippen molar-refractivity contribution in [2.75, 3.05) is 11.5 Å². The quantitative estimate of drug-likeness (QED) is 0.758. The Morgan fingerprint density at radius 1 is 1.32 bits per heavy atom. The first-order valence-corrected chi connectivity index (χ1v) is 8.10. The summed E-state index contributed by atoms with van der Waals surface area (Å²) in [5.41, 5.74) is 1.41. The number of para-hydroxylation sites is 2. The monoisotopic (exact) mass is 319 g/mol. The highest BCUT2D eigenvalue weighted by molar-refractivity contribution is 7.99. The predicted molar refractivity (Wildman–Crippen MR) is 86.0 cm³/mol. The lowest BCUT2D eigenvalue weighted by molar-refractivity contribution is -0.139. The first kappa shape index (κ1) is 16.2. The molecule has 0 bridgehead atoms. The third-order valence-corrected chi connectivity index (χ3v) is 3.97. The summed E-state index contributed by atoms with van der Waals surface area (Å²) >= 11 is 1.64. The number of hydrogen-bond donors (Lipinski definition) is 2. The van der Waals surface area contributed by atoms with E-state index in [-0.39, 0.29) is 5.69 Å². The van der Waals surface area contributed by atoms with E-state index < -0.39 is 17.9 Å². The van der Waals surface area contributed by atoms with Crippen molar-refractivity contribution in [2.24, 2.45) is 0 Å². The molecule has 0 saturated heterocycles. The smallest absolute Gasteiger partial charge is 0.326 e. The summed E-state index contributed by atoms with van der Waals surface area (Å²) in [6.07, 6.45) is 1.73. The molecule has 1 aromatic heterocycles. The molecular formula is C15H17N3O3S. The van der Waals surface area contributed by atoms with E-state index in [2.05, 4.69) is 15.3 Å². The van der Waals surface area contributed by atoms with Crippen LogP contribution >= 0.6 is 11.8 Å². The molecule has 6 nitrogen and oxygen atoms in total. The summed E-state index contributed by atoms with van der Waals surface area (Å²) in [6.45, 7) is 2.00. The Labute approximate surface area is 132 Å². The number of nitrogens with one attached hydrogen (secondary N) is 1. The summed E-state index contributed by atoms with van der Waals surface area (Å²) in [5, 5.41) is 11.7. The molecule has 0 aliphatic heterocycles. The van der Waals surface area contributed by atoms with Crippen molar-refractivity contribution in [3.8, 4) is 0 Å². The van der Waals surface area contributed by atoms with E-state index in [0.717, 1.165) is 5.75 Å². The van der Waals surface area contributed by atoms with Crippen molar-refractivity contribution < 1.29 is 14.7 Å². The summed E-state index contributed by atoms with van der Waals surface area (Å²) in [4.78, 5) is 31.7. The van der Waals surface area contributed by atoms with E-state index >= 15 is 0 Å². The number of benzene rings is 1. The van der Waals surface area contributed by atoms with Gasteiger partial charge in [-0.1, -0.05) is 19.1 Å². The lowest BCUT2D eigenvalue weighted by atomic mass is 10.2. The normalized spacial score (nSPS) is 12.0. The number of carboxylic acid groups (broad SMARTS) is 1. The van der Waals surface area contributed by atoms with Crippen molar-refractivity contribution in [1.82, 2.24) is 15.3 Å². The molecule has 1 heterocycles. The average Bonchev–Trinajstić information content (AvgIpc) is 2.53. The minimum Gasteiger partial charge on any atom is -0.480 e. The second-order valence-corrected chi connectivity index (χ2v) is 5.99. The van der Waals surface area contributed by atoms with E-state index in [1.807, 2.05) is 13.0 Å². The standard InChI is InChI=1S/C15H17N3O3S/c1-2-22-8-7-12(15(20)21)18-14(19)13-9-16-10-5-3-4-6-11(10)17-13/h3-6,9,12H,2,7-8H2,1H3,(H,18,19)(H,20,21)/t12-/m1/s1. The van der Waals surface area contributed by atoms with Crippen LogP contribution in [0.1, 0.15) is 23.8 Å². The second kappa shape index (κ2) is 7.74. The molecule has 0 spiro atoms. The van der Waals surface area contributed by atoms with Gasteiger partial charge in [-0.15, -0.1) is 0 Å². The number of amides is 1. The molecule has 1 aromatic carbocycles. The minimum atomic E-state index is -1.04. The summed E-state index contributed by atoms with van der Waals surface area (Å²) < 4.78 is 0. The van der Waals surface area contributed by atoms with Crippen molar-refractivity contribution in [2.45, 2.75) is 19.4 Å². The van der Waals surface area contributed by atoms with Crippen molar-refractivity contribution in [3.05, 3.63) is 36.2 Å². The maximum atomic E-state index is 12.2. The van der Waals surface area contributed by atoms with Gasteiger partial charge in [0.2, 0.25) is 0 Å². The van der Waals surface area contributed by atoms with Crippen LogP contribution in [-0.4, -0.2) is 44.5 Å². The fraction of sp³-hybridized carbons (Fsp3) is 0.333. The molecule has 1 atom stereocenters. The van der Waals surface area contributed by atoms with Crippen molar-refractivity contribution in [1.29, 1.82) is 0 Å². The van der Waals surface area contributed by atoms with Crippen LogP contribution in [0.5, 0.6) is 0 Å². The minimum absolute atomic E-state index is 0.119. The molecule has 116 valence electrons. The number of aliphatic carboxylic acids is 1.